The standard InChI is InChI=1S/C22H17N5O4/c28-22(17-6-7-20(21(11-17)27(29)30)26-10-9-24-15-26)25-18-4-1-5-19(12-18)31-14-16-3-2-8-23-13-16/h1-13,15H,14H2,(H,25,28). The van der Waals surface area contributed by atoms with Crippen molar-refractivity contribution in [2.24, 2.45) is 0 Å². The van der Waals surface area contributed by atoms with Gasteiger partial charge in [-0.15, -0.1) is 0 Å². The van der Waals surface area contributed by atoms with Crippen LogP contribution in [0, 0.1) is 10.1 Å². The molecule has 154 valence electrons. The third-order valence-corrected chi connectivity index (χ3v) is 4.44. The summed E-state index contributed by atoms with van der Waals surface area (Å²) in [6.07, 6.45) is 7.98. The minimum Gasteiger partial charge on any atom is -0.489 e. The lowest BCUT2D eigenvalue weighted by Gasteiger charge is -2.10. The Morgan fingerprint density at radius 2 is 2.00 bits per heavy atom. The van der Waals surface area contributed by atoms with Gasteiger partial charge in [-0.1, -0.05) is 12.1 Å². The van der Waals surface area contributed by atoms with Crippen LogP contribution < -0.4 is 10.1 Å². The number of nitro groups is 1. The molecule has 0 fully saturated rings. The Kier molecular flexibility index (Phi) is 5.66. The fourth-order valence-corrected chi connectivity index (χ4v) is 2.95. The lowest BCUT2D eigenvalue weighted by molar-refractivity contribution is -0.384. The molecule has 31 heavy (non-hydrogen) atoms. The molecule has 0 atom stereocenters. The molecule has 4 aromatic rings. The van der Waals surface area contributed by atoms with E-state index >= 15 is 0 Å². The lowest BCUT2D eigenvalue weighted by Crippen LogP contribution is -2.13. The number of hydrogen-bond acceptors (Lipinski definition) is 6. The van der Waals surface area contributed by atoms with Crippen LogP contribution in [-0.2, 0) is 6.61 Å². The summed E-state index contributed by atoms with van der Waals surface area (Å²) in [5, 5.41) is 14.2. The Labute approximate surface area is 177 Å². The van der Waals surface area contributed by atoms with Gasteiger partial charge in [-0.3, -0.25) is 19.9 Å². The maximum Gasteiger partial charge on any atom is 0.294 e. The average molecular weight is 415 g/mol. The van der Waals surface area contributed by atoms with Crippen LogP contribution in [0.3, 0.4) is 0 Å². The average Bonchev–Trinajstić information content (AvgIpc) is 3.33. The molecule has 0 saturated heterocycles. The second-order valence-corrected chi connectivity index (χ2v) is 6.56. The van der Waals surface area contributed by atoms with E-state index in [4.69, 9.17) is 4.74 Å². The zero-order valence-electron chi connectivity index (χ0n) is 16.2. The van der Waals surface area contributed by atoms with E-state index in [-0.39, 0.29) is 11.3 Å². The zero-order valence-corrected chi connectivity index (χ0v) is 16.2. The molecule has 0 unspecified atom stereocenters. The minimum atomic E-state index is -0.529. The molecule has 1 amide bonds. The number of imidazole rings is 1. The van der Waals surface area contributed by atoms with Gasteiger partial charge in [0.25, 0.3) is 11.6 Å². The smallest absolute Gasteiger partial charge is 0.294 e. The second-order valence-electron chi connectivity index (χ2n) is 6.56. The molecule has 9 nitrogen and oxygen atoms in total. The molecule has 1 N–H and O–H groups in total. The van der Waals surface area contributed by atoms with E-state index in [1.807, 2.05) is 12.1 Å². The maximum atomic E-state index is 12.7. The molecular weight excluding hydrogens is 398 g/mol. The molecule has 9 heteroatoms. The number of carbonyl (C=O) groups is 1. The number of nitrogens with one attached hydrogen (secondary N) is 1. The van der Waals surface area contributed by atoms with Gasteiger partial charge in [0.15, 0.2) is 0 Å². The molecule has 0 saturated carbocycles. The molecule has 0 spiro atoms. The number of ether oxygens (including phenoxy) is 1. The summed E-state index contributed by atoms with van der Waals surface area (Å²) in [4.78, 5) is 31.6. The number of pyridine rings is 1. The van der Waals surface area contributed by atoms with Crippen molar-refractivity contribution in [3.05, 3.63) is 107 Å². The SMILES string of the molecule is O=C(Nc1cccc(OCc2cccnc2)c1)c1ccc(-n2ccnc2)c([N+](=O)[O-])c1. The molecule has 4 rings (SSSR count). The first-order valence-electron chi connectivity index (χ1n) is 9.30. The van der Waals surface area contributed by atoms with Crippen molar-refractivity contribution in [2.75, 3.05) is 5.32 Å². The van der Waals surface area contributed by atoms with Crippen molar-refractivity contribution in [1.82, 2.24) is 14.5 Å². The zero-order chi connectivity index (χ0) is 21.6. The van der Waals surface area contributed by atoms with E-state index in [0.29, 0.717) is 23.7 Å². The number of carbonyl (C=O) groups excluding carboxylic acids is 1. The molecule has 0 aliphatic heterocycles. The van der Waals surface area contributed by atoms with Crippen molar-refractivity contribution in [3.63, 3.8) is 0 Å². The van der Waals surface area contributed by atoms with Crippen LogP contribution in [0.4, 0.5) is 11.4 Å². The summed E-state index contributed by atoms with van der Waals surface area (Å²) in [6, 6.07) is 14.9. The molecule has 2 heterocycles. The van der Waals surface area contributed by atoms with Crippen molar-refractivity contribution in [2.45, 2.75) is 6.61 Å². The fraction of sp³-hybridized carbons (Fsp3) is 0.0455. The van der Waals surface area contributed by atoms with Crippen LogP contribution in [0.2, 0.25) is 0 Å². The third-order valence-electron chi connectivity index (χ3n) is 4.44. The fourth-order valence-electron chi connectivity index (χ4n) is 2.95. The summed E-state index contributed by atoms with van der Waals surface area (Å²) >= 11 is 0. The van der Waals surface area contributed by atoms with E-state index in [9.17, 15) is 14.9 Å². The number of nitrogens with zero attached hydrogens (tertiary/aromatic N) is 4. The van der Waals surface area contributed by atoms with Crippen LogP contribution in [0.15, 0.2) is 85.7 Å². The lowest BCUT2D eigenvalue weighted by atomic mass is 10.1. The van der Waals surface area contributed by atoms with E-state index in [1.54, 1.807) is 42.9 Å². The third kappa shape index (κ3) is 4.73. The number of benzene rings is 2. The summed E-state index contributed by atoms with van der Waals surface area (Å²) in [5.41, 5.74) is 1.72. The largest absolute Gasteiger partial charge is 0.489 e. The van der Waals surface area contributed by atoms with Gasteiger partial charge in [0.1, 0.15) is 18.0 Å². The topological polar surface area (TPSA) is 112 Å². The number of anilines is 1. The highest BCUT2D eigenvalue weighted by Gasteiger charge is 2.19. The van der Waals surface area contributed by atoms with Crippen molar-refractivity contribution in [1.29, 1.82) is 0 Å². The second kappa shape index (κ2) is 8.87. The van der Waals surface area contributed by atoms with E-state index in [2.05, 4.69) is 15.3 Å². The molecular formula is C22H17N5O4. The number of hydrogen-bond donors (Lipinski definition) is 1. The molecule has 2 aromatic carbocycles. The van der Waals surface area contributed by atoms with Gasteiger partial charge in [0.2, 0.25) is 0 Å². The highest BCUT2D eigenvalue weighted by Crippen LogP contribution is 2.25. The van der Waals surface area contributed by atoms with Crippen molar-refractivity contribution in [3.8, 4) is 11.4 Å². The van der Waals surface area contributed by atoms with Gasteiger partial charge < -0.3 is 14.6 Å². The highest BCUT2D eigenvalue weighted by atomic mass is 16.6. The molecule has 0 aliphatic rings. The van der Waals surface area contributed by atoms with Gasteiger partial charge in [-0.2, -0.15) is 0 Å². The number of aromatic nitrogens is 3. The number of amides is 1. The van der Waals surface area contributed by atoms with E-state index in [1.165, 1.54) is 35.3 Å². The van der Waals surface area contributed by atoms with Crippen LogP contribution in [0.25, 0.3) is 5.69 Å². The monoisotopic (exact) mass is 415 g/mol. The van der Waals surface area contributed by atoms with Crippen LogP contribution >= 0.6 is 0 Å². The van der Waals surface area contributed by atoms with Gasteiger partial charge in [-0.05, 0) is 30.3 Å². The van der Waals surface area contributed by atoms with Gasteiger partial charge in [0, 0.05) is 53.7 Å². The molecule has 0 bridgehead atoms. The Balaban J connectivity index is 1.49. The Morgan fingerprint density at radius 3 is 2.74 bits per heavy atom. The first-order valence-corrected chi connectivity index (χ1v) is 9.30. The van der Waals surface area contributed by atoms with Gasteiger partial charge in [-0.25, -0.2) is 4.98 Å². The molecule has 2 aromatic heterocycles. The highest BCUT2D eigenvalue weighted by molar-refractivity contribution is 6.05. The number of rotatable bonds is 7. The normalized spacial score (nSPS) is 10.5. The summed E-state index contributed by atoms with van der Waals surface area (Å²) < 4.78 is 7.26. The minimum absolute atomic E-state index is 0.164. The molecule has 0 aliphatic carbocycles. The van der Waals surface area contributed by atoms with Gasteiger partial charge in [0.05, 0.1) is 11.3 Å². The Bertz CT molecular complexity index is 1210. The predicted octanol–water partition coefficient (Wildman–Crippen LogP) is 4.01. The van der Waals surface area contributed by atoms with Gasteiger partial charge >= 0.3 is 0 Å². The first kappa shape index (κ1) is 19.8. The Morgan fingerprint density at radius 1 is 1.10 bits per heavy atom. The summed E-state index contributed by atoms with van der Waals surface area (Å²) in [7, 11) is 0. The van der Waals surface area contributed by atoms with Crippen LogP contribution in [0.5, 0.6) is 5.75 Å². The Hall–Kier alpha value is -4.53. The predicted molar refractivity (Wildman–Crippen MR) is 113 cm³/mol. The van der Waals surface area contributed by atoms with Crippen molar-refractivity contribution < 1.29 is 14.5 Å². The van der Waals surface area contributed by atoms with Crippen LogP contribution in [-0.4, -0.2) is 25.4 Å². The summed E-state index contributed by atoms with van der Waals surface area (Å²) in [6.45, 7) is 0.340. The van der Waals surface area contributed by atoms with E-state index in [0.717, 1.165) is 5.56 Å². The summed E-state index contributed by atoms with van der Waals surface area (Å²) in [5.74, 6) is 0.104. The van der Waals surface area contributed by atoms with Crippen molar-refractivity contribution >= 4 is 17.3 Å². The maximum absolute atomic E-state index is 12.7. The molecule has 0 radical (unpaired) electrons. The first-order chi connectivity index (χ1) is 15.1. The number of nitro benzene ring substituents is 1. The van der Waals surface area contributed by atoms with E-state index < -0.39 is 10.8 Å². The quantitative estimate of drug-likeness (QED) is 0.361. The van der Waals surface area contributed by atoms with Crippen LogP contribution in [0.1, 0.15) is 15.9 Å².